The van der Waals surface area contributed by atoms with Crippen LogP contribution in [0.3, 0.4) is 0 Å². The quantitative estimate of drug-likeness (QED) is 0.291. The van der Waals surface area contributed by atoms with Gasteiger partial charge in [0.2, 0.25) is 5.56 Å². The molecule has 108 valence electrons. The van der Waals surface area contributed by atoms with Gasteiger partial charge in [0.25, 0.3) is 5.91 Å². The number of pyridine rings is 1. The average Bonchev–Trinajstić information content (AvgIpc) is 2.47. The van der Waals surface area contributed by atoms with Gasteiger partial charge in [-0.3, -0.25) is 9.59 Å². The normalized spacial score (nSPS) is 11.2. The maximum absolute atomic E-state index is 12.1. The van der Waals surface area contributed by atoms with E-state index < -0.39 is 5.91 Å². The molecule has 0 bridgehead atoms. The van der Waals surface area contributed by atoms with E-state index in [-0.39, 0.29) is 11.4 Å². The number of H-pyrrole nitrogens is 1. The van der Waals surface area contributed by atoms with Gasteiger partial charge in [-0.2, -0.15) is 0 Å². The number of oxime groups is 1. The van der Waals surface area contributed by atoms with Crippen molar-refractivity contribution in [2.75, 3.05) is 5.32 Å². The Balaban J connectivity index is 2.36. The third-order valence-electron chi connectivity index (χ3n) is 2.93. The fraction of sp³-hybridized carbons (Fsp3) is 0.0714. The topological polar surface area (TPSA) is 121 Å². The Morgan fingerprint density at radius 1 is 1.33 bits per heavy atom. The number of nitrogens with one attached hydrogen (secondary N) is 2. The summed E-state index contributed by atoms with van der Waals surface area (Å²) >= 11 is 0. The Bertz CT molecular complexity index is 745. The van der Waals surface area contributed by atoms with E-state index in [0.717, 1.165) is 5.56 Å². The van der Waals surface area contributed by atoms with Gasteiger partial charge in [-0.15, -0.1) is 0 Å². The molecule has 1 heterocycles. The summed E-state index contributed by atoms with van der Waals surface area (Å²) in [4.78, 5) is 25.5. The second kappa shape index (κ2) is 5.91. The molecule has 1 aromatic heterocycles. The van der Waals surface area contributed by atoms with E-state index in [9.17, 15) is 9.59 Å². The molecular formula is C14H14N4O3. The third kappa shape index (κ3) is 3.08. The van der Waals surface area contributed by atoms with Gasteiger partial charge in [-0.25, -0.2) is 0 Å². The van der Waals surface area contributed by atoms with Crippen LogP contribution in [0.4, 0.5) is 5.69 Å². The highest BCUT2D eigenvalue weighted by atomic mass is 16.4. The molecule has 7 heteroatoms. The molecule has 0 spiro atoms. The van der Waals surface area contributed by atoms with Crippen LogP contribution in [0.15, 0.2) is 46.5 Å². The first-order chi connectivity index (χ1) is 10.0. The van der Waals surface area contributed by atoms with E-state index in [4.69, 9.17) is 10.9 Å². The number of hydrogen-bond donors (Lipinski definition) is 4. The molecule has 0 fully saturated rings. The average molecular weight is 286 g/mol. The monoisotopic (exact) mass is 286 g/mol. The van der Waals surface area contributed by atoms with E-state index in [1.807, 2.05) is 0 Å². The molecule has 0 saturated carbocycles. The standard InChI is InChI=1S/C14H14N4O3/c1-8-3-2-4-10(12(8)13(15)18-21)17-14(20)9-5-6-11(19)16-7-9/h2-7,21H,1H3,(H2,15,18)(H,16,19)(H,17,20). The molecule has 0 aliphatic heterocycles. The van der Waals surface area contributed by atoms with Crippen molar-refractivity contribution < 1.29 is 10.0 Å². The number of hydrogen-bond acceptors (Lipinski definition) is 4. The first kappa shape index (κ1) is 14.3. The molecule has 0 saturated heterocycles. The van der Waals surface area contributed by atoms with Crippen molar-refractivity contribution in [2.24, 2.45) is 10.9 Å². The van der Waals surface area contributed by atoms with Crippen molar-refractivity contribution in [1.82, 2.24) is 4.98 Å². The van der Waals surface area contributed by atoms with Gasteiger partial charge in [-0.05, 0) is 24.6 Å². The summed E-state index contributed by atoms with van der Waals surface area (Å²) in [5, 5.41) is 14.5. The van der Waals surface area contributed by atoms with Crippen molar-refractivity contribution in [2.45, 2.75) is 6.92 Å². The van der Waals surface area contributed by atoms with E-state index in [1.54, 1.807) is 25.1 Å². The first-order valence-electron chi connectivity index (χ1n) is 6.10. The van der Waals surface area contributed by atoms with E-state index >= 15 is 0 Å². The SMILES string of the molecule is Cc1cccc(NC(=O)c2ccc(=O)[nH]c2)c1/C(N)=N/O. The second-order valence-electron chi connectivity index (χ2n) is 4.38. The largest absolute Gasteiger partial charge is 0.409 e. The highest BCUT2D eigenvalue weighted by Crippen LogP contribution is 2.20. The van der Waals surface area contributed by atoms with E-state index in [2.05, 4.69) is 15.5 Å². The van der Waals surface area contributed by atoms with Crippen LogP contribution in [0.5, 0.6) is 0 Å². The van der Waals surface area contributed by atoms with E-state index in [0.29, 0.717) is 16.8 Å². The lowest BCUT2D eigenvalue weighted by Crippen LogP contribution is -2.21. The minimum atomic E-state index is -0.413. The molecule has 7 nitrogen and oxygen atoms in total. The summed E-state index contributed by atoms with van der Waals surface area (Å²) in [5.41, 5.74) is 7.25. The van der Waals surface area contributed by atoms with Crippen LogP contribution in [-0.2, 0) is 0 Å². The van der Waals surface area contributed by atoms with Gasteiger partial charge in [0.1, 0.15) is 0 Å². The summed E-state index contributed by atoms with van der Waals surface area (Å²) in [5.74, 6) is -0.506. The van der Waals surface area contributed by atoms with Crippen molar-refractivity contribution in [3.05, 3.63) is 63.6 Å². The number of aryl methyl sites for hydroxylation is 1. The van der Waals surface area contributed by atoms with Gasteiger partial charge in [0.05, 0.1) is 11.3 Å². The zero-order valence-corrected chi connectivity index (χ0v) is 11.3. The Hall–Kier alpha value is -3.09. The Morgan fingerprint density at radius 2 is 2.10 bits per heavy atom. The highest BCUT2D eigenvalue weighted by molar-refractivity contribution is 6.10. The summed E-state index contributed by atoms with van der Waals surface area (Å²) < 4.78 is 0. The molecule has 5 N–H and O–H groups in total. The van der Waals surface area contributed by atoms with Gasteiger partial charge in [0.15, 0.2) is 5.84 Å². The molecule has 1 amide bonds. The van der Waals surface area contributed by atoms with Crippen LogP contribution in [-0.4, -0.2) is 21.9 Å². The first-order valence-corrected chi connectivity index (χ1v) is 6.10. The molecule has 0 aliphatic rings. The maximum atomic E-state index is 12.1. The van der Waals surface area contributed by atoms with Crippen molar-refractivity contribution in [1.29, 1.82) is 0 Å². The third-order valence-corrected chi connectivity index (χ3v) is 2.93. The lowest BCUT2D eigenvalue weighted by Gasteiger charge is -2.12. The number of nitrogens with two attached hydrogens (primary N) is 1. The Labute approximate surface area is 120 Å². The summed E-state index contributed by atoms with van der Waals surface area (Å²) in [7, 11) is 0. The zero-order valence-electron chi connectivity index (χ0n) is 11.3. The molecule has 21 heavy (non-hydrogen) atoms. The van der Waals surface area contributed by atoms with Gasteiger partial charge in [-0.1, -0.05) is 17.3 Å². The minimum absolute atomic E-state index is 0.0927. The number of benzene rings is 1. The van der Waals surface area contributed by atoms with Crippen LogP contribution in [0.25, 0.3) is 0 Å². The molecule has 0 aliphatic carbocycles. The summed E-state index contributed by atoms with van der Waals surface area (Å²) in [6, 6.07) is 7.84. The Kier molecular flexibility index (Phi) is 4.03. The molecule has 0 atom stereocenters. The number of aromatic amines is 1. The maximum Gasteiger partial charge on any atom is 0.257 e. The smallest absolute Gasteiger partial charge is 0.257 e. The number of amidine groups is 1. The van der Waals surface area contributed by atoms with E-state index in [1.165, 1.54) is 18.3 Å². The number of nitrogens with zero attached hydrogens (tertiary/aromatic N) is 1. The van der Waals surface area contributed by atoms with Gasteiger partial charge in [0, 0.05) is 17.8 Å². The fourth-order valence-electron chi connectivity index (χ4n) is 1.91. The van der Waals surface area contributed by atoms with Crippen molar-refractivity contribution >= 4 is 17.4 Å². The van der Waals surface area contributed by atoms with Crippen LogP contribution < -0.4 is 16.6 Å². The molecule has 1 aromatic carbocycles. The van der Waals surface area contributed by atoms with Crippen LogP contribution >= 0.6 is 0 Å². The molecular weight excluding hydrogens is 272 g/mol. The predicted molar refractivity (Wildman–Crippen MR) is 78.7 cm³/mol. The van der Waals surface area contributed by atoms with Crippen LogP contribution in [0.1, 0.15) is 21.5 Å². The summed E-state index contributed by atoms with van der Waals surface area (Å²) in [6.07, 6.45) is 1.32. The molecule has 2 aromatic rings. The van der Waals surface area contributed by atoms with Gasteiger partial charge < -0.3 is 21.2 Å². The Morgan fingerprint density at radius 3 is 2.71 bits per heavy atom. The predicted octanol–water partition coefficient (Wildman–Crippen LogP) is 1.03. The van der Waals surface area contributed by atoms with Crippen molar-refractivity contribution in [3.8, 4) is 0 Å². The number of aromatic nitrogens is 1. The number of carbonyl (C=O) groups is 1. The van der Waals surface area contributed by atoms with Crippen molar-refractivity contribution in [3.63, 3.8) is 0 Å². The molecule has 2 rings (SSSR count). The van der Waals surface area contributed by atoms with Gasteiger partial charge >= 0.3 is 0 Å². The molecule has 0 unspecified atom stereocenters. The zero-order chi connectivity index (χ0) is 15.4. The second-order valence-corrected chi connectivity index (χ2v) is 4.38. The van der Waals surface area contributed by atoms with Crippen LogP contribution in [0, 0.1) is 6.92 Å². The van der Waals surface area contributed by atoms with Crippen LogP contribution in [0.2, 0.25) is 0 Å². The number of rotatable bonds is 3. The number of amides is 1. The highest BCUT2D eigenvalue weighted by Gasteiger charge is 2.13. The lowest BCUT2D eigenvalue weighted by atomic mass is 10.1. The number of anilines is 1. The molecule has 0 radical (unpaired) electrons. The fourth-order valence-corrected chi connectivity index (χ4v) is 1.91. The summed E-state index contributed by atoms with van der Waals surface area (Å²) in [6.45, 7) is 1.78. The minimum Gasteiger partial charge on any atom is -0.409 e. The number of carbonyl (C=O) groups excluding carboxylic acids is 1. The lowest BCUT2D eigenvalue weighted by molar-refractivity contribution is 0.102.